The smallest absolute Gasteiger partial charge is 0.341 e. The van der Waals surface area contributed by atoms with Gasteiger partial charge in [0.1, 0.15) is 17.1 Å². The number of nitrogens with one attached hydrogen (secondary N) is 1. The second-order valence-electron chi connectivity index (χ2n) is 8.62. The Bertz CT molecular complexity index is 1250. The fraction of sp³-hybridized carbons (Fsp3) is 0.458. The van der Waals surface area contributed by atoms with Crippen molar-refractivity contribution in [3.8, 4) is 5.75 Å². The lowest BCUT2D eigenvalue weighted by atomic mass is 10.0. The van der Waals surface area contributed by atoms with E-state index in [9.17, 15) is 23.9 Å². The molecular weight excluding hydrogens is 448 g/mol. The molecule has 8 nitrogen and oxygen atoms in total. The third-order valence-electron chi connectivity index (χ3n) is 6.32. The summed E-state index contributed by atoms with van der Waals surface area (Å²) in [5.41, 5.74) is -0.296. The first-order valence-corrected chi connectivity index (χ1v) is 11.3. The van der Waals surface area contributed by atoms with Crippen LogP contribution < -0.4 is 20.4 Å². The van der Waals surface area contributed by atoms with Crippen LogP contribution in [-0.2, 0) is 4.79 Å². The monoisotopic (exact) mass is 475 g/mol. The molecule has 182 valence electrons. The summed E-state index contributed by atoms with van der Waals surface area (Å²) in [4.78, 5) is 37.6. The maximum absolute atomic E-state index is 15.5. The SMILES string of the molecule is CCC(=O)NC/C(F)=C1/CCCN(c2c(F)cc3c(=O)c(C(=O)O)cn(C4CC4)c3c2OC)C1. The molecule has 0 radical (unpaired) electrons. The van der Waals surface area contributed by atoms with Crippen molar-refractivity contribution in [2.75, 3.05) is 31.6 Å². The van der Waals surface area contributed by atoms with Crippen LogP contribution in [0.1, 0.15) is 55.4 Å². The van der Waals surface area contributed by atoms with Gasteiger partial charge in [-0.1, -0.05) is 6.92 Å². The average molecular weight is 475 g/mol. The van der Waals surface area contributed by atoms with E-state index in [1.807, 2.05) is 0 Å². The zero-order valence-corrected chi connectivity index (χ0v) is 19.1. The van der Waals surface area contributed by atoms with Gasteiger partial charge in [-0.25, -0.2) is 13.6 Å². The Morgan fingerprint density at radius 2 is 2.06 bits per heavy atom. The number of halogens is 2. The van der Waals surface area contributed by atoms with Gasteiger partial charge in [-0.15, -0.1) is 0 Å². The van der Waals surface area contributed by atoms with E-state index in [0.717, 1.165) is 18.9 Å². The number of fused-ring (bicyclic) bond motifs is 1. The van der Waals surface area contributed by atoms with E-state index in [2.05, 4.69) is 5.32 Å². The minimum Gasteiger partial charge on any atom is -0.492 e. The molecule has 1 aromatic carbocycles. The predicted molar refractivity (Wildman–Crippen MR) is 123 cm³/mol. The highest BCUT2D eigenvalue weighted by atomic mass is 19.1. The van der Waals surface area contributed by atoms with E-state index >= 15 is 4.39 Å². The number of hydrogen-bond donors (Lipinski definition) is 2. The molecule has 0 unspecified atom stereocenters. The number of nitrogens with zero attached hydrogens (tertiary/aromatic N) is 2. The molecule has 1 aromatic heterocycles. The number of carbonyl (C=O) groups is 2. The van der Waals surface area contributed by atoms with Crippen LogP contribution in [0, 0.1) is 5.82 Å². The first-order chi connectivity index (χ1) is 16.3. The van der Waals surface area contributed by atoms with Gasteiger partial charge in [0.05, 0.1) is 24.6 Å². The van der Waals surface area contributed by atoms with Crippen molar-refractivity contribution in [3.05, 3.63) is 45.3 Å². The number of benzene rings is 1. The maximum atomic E-state index is 15.5. The van der Waals surface area contributed by atoms with Crippen LogP contribution in [0.15, 0.2) is 28.5 Å². The molecule has 0 atom stereocenters. The Balaban J connectivity index is 1.82. The van der Waals surface area contributed by atoms with Gasteiger partial charge in [-0.05, 0) is 37.3 Å². The quantitative estimate of drug-likeness (QED) is 0.636. The molecule has 1 saturated carbocycles. The van der Waals surface area contributed by atoms with Crippen molar-refractivity contribution in [1.29, 1.82) is 0 Å². The summed E-state index contributed by atoms with van der Waals surface area (Å²) in [6.07, 6.45) is 4.21. The standard InChI is InChI=1S/C24H27F2N3O5/c1-3-19(30)27-10-18(26)13-5-4-8-28(11-13)21-17(25)9-15-20(23(21)34-2)29(14-6-7-14)12-16(22(15)31)24(32)33/h9,12,14H,3-8,10-11H2,1-2H3,(H,27,30)(H,32,33)/b18-13+. The molecule has 2 aliphatic rings. The molecule has 2 heterocycles. The van der Waals surface area contributed by atoms with E-state index in [1.54, 1.807) is 16.4 Å². The summed E-state index contributed by atoms with van der Waals surface area (Å²) in [6, 6.07) is 1.04. The Hall–Kier alpha value is -3.43. The number of amides is 1. The summed E-state index contributed by atoms with van der Waals surface area (Å²) in [6.45, 7) is 2.01. The van der Waals surface area contributed by atoms with Crippen LogP contribution >= 0.6 is 0 Å². The van der Waals surface area contributed by atoms with Crippen LogP contribution in [0.3, 0.4) is 0 Å². The highest BCUT2D eigenvalue weighted by Crippen LogP contribution is 2.44. The van der Waals surface area contributed by atoms with Crippen LogP contribution in [0.4, 0.5) is 14.5 Å². The minimum atomic E-state index is -1.37. The molecule has 10 heteroatoms. The average Bonchev–Trinajstić information content (AvgIpc) is 3.67. The van der Waals surface area contributed by atoms with Gasteiger partial charge in [0.15, 0.2) is 11.6 Å². The third-order valence-corrected chi connectivity index (χ3v) is 6.32. The van der Waals surface area contributed by atoms with Crippen LogP contribution in [-0.4, -0.2) is 48.3 Å². The van der Waals surface area contributed by atoms with Gasteiger partial charge in [0.2, 0.25) is 11.3 Å². The number of rotatable bonds is 7. The highest BCUT2D eigenvalue weighted by Gasteiger charge is 2.32. The topological polar surface area (TPSA) is 101 Å². The van der Waals surface area contributed by atoms with Crippen molar-refractivity contribution >= 4 is 28.5 Å². The number of piperidine rings is 1. The maximum Gasteiger partial charge on any atom is 0.341 e. The third kappa shape index (κ3) is 4.36. The van der Waals surface area contributed by atoms with Crippen LogP contribution in [0.25, 0.3) is 10.9 Å². The van der Waals surface area contributed by atoms with E-state index in [1.165, 1.54) is 13.3 Å². The number of carboxylic acids is 1. The molecule has 4 rings (SSSR count). The number of methoxy groups -OCH3 is 1. The zero-order valence-electron chi connectivity index (χ0n) is 19.1. The van der Waals surface area contributed by atoms with E-state index in [0.29, 0.717) is 30.5 Å². The van der Waals surface area contributed by atoms with Gasteiger partial charge in [-0.3, -0.25) is 9.59 Å². The first kappa shape index (κ1) is 23.7. The molecule has 0 spiro atoms. The summed E-state index contributed by atoms with van der Waals surface area (Å²) < 4.78 is 37.5. The van der Waals surface area contributed by atoms with Gasteiger partial charge in [0.25, 0.3) is 0 Å². The number of ether oxygens (including phenoxy) is 1. The lowest BCUT2D eigenvalue weighted by Crippen LogP contribution is -2.34. The van der Waals surface area contributed by atoms with Crippen molar-refractivity contribution in [1.82, 2.24) is 9.88 Å². The number of aromatic carboxylic acids is 1. The van der Waals surface area contributed by atoms with Gasteiger partial charge >= 0.3 is 5.97 Å². The summed E-state index contributed by atoms with van der Waals surface area (Å²) in [5, 5.41) is 11.9. The van der Waals surface area contributed by atoms with Crippen molar-refractivity contribution in [2.24, 2.45) is 0 Å². The summed E-state index contributed by atoms with van der Waals surface area (Å²) in [5.74, 6) is -2.71. The Labute approximate surface area is 194 Å². The van der Waals surface area contributed by atoms with Gasteiger partial charge in [0, 0.05) is 31.7 Å². The highest BCUT2D eigenvalue weighted by molar-refractivity contribution is 5.97. The van der Waals surface area contributed by atoms with E-state index in [4.69, 9.17) is 4.74 Å². The predicted octanol–water partition coefficient (Wildman–Crippen LogP) is 3.53. The molecule has 1 amide bonds. The summed E-state index contributed by atoms with van der Waals surface area (Å²) in [7, 11) is 1.37. The van der Waals surface area contributed by atoms with Gasteiger partial charge < -0.3 is 24.6 Å². The van der Waals surface area contributed by atoms with Crippen LogP contribution in [0.2, 0.25) is 0 Å². The molecular formula is C24H27F2N3O5. The number of anilines is 1. The molecule has 1 aliphatic carbocycles. The lowest BCUT2D eigenvalue weighted by molar-refractivity contribution is -0.120. The fourth-order valence-electron chi connectivity index (χ4n) is 4.43. The Morgan fingerprint density at radius 3 is 2.68 bits per heavy atom. The van der Waals surface area contributed by atoms with Crippen molar-refractivity contribution < 1.29 is 28.2 Å². The second kappa shape index (κ2) is 9.44. The van der Waals surface area contributed by atoms with Gasteiger partial charge in [-0.2, -0.15) is 0 Å². The molecule has 2 fully saturated rings. The number of pyridine rings is 1. The molecule has 1 aliphatic heterocycles. The fourth-order valence-corrected chi connectivity index (χ4v) is 4.43. The minimum absolute atomic E-state index is 0.00940. The van der Waals surface area contributed by atoms with Crippen molar-refractivity contribution in [2.45, 2.75) is 45.1 Å². The first-order valence-electron chi connectivity index (χ1n) is 11.3. The number of carboxylic acid groups (broad SMARTS) is 1. The Morgan fingerprint density at radius 1 is 1.32 bits per heavy atom. The molecule has 2 aromatic rings. The molecule has 34 heavy (non-hydrogen) atoms. The van der Waals surface area contributed by atoms with Crippen LogP contribution in [0.5, 0.6) is 5.75 Å². The largest absolute Gasteiger partial charge is 0.492 e. The Kier molecular flexibility index (Phi) is 6.58. The summed E-state index contributed by atoms with van der Waals surface area (Å²) >= 11 is 0. The van der Waals surface area contributed by atoms with E-state index < -0.39 is 28.6 Å². The zero-order chi connectivity index (χ0) is 24.6. The normalized spacial score (nSPS) is 17.6. The van der Waals surface area contributed by atoms with Crippen molar-refractivity contribution in [3.63, 3.8) is 0 Å². The number of aromatic nitrogens is 1. The molecule has 1 saturated heterocycles. The number of carbonyl (C=O) groups excluding carboxylic acids is 1. The molecule has 2 N–H and O–H groups in total. The molecule has 0 bridgehead atoms. The second-order valence-corrected chi connectivity index (χ2v) is 8.62. The number of hydrogen-bond acceptors (Lipinski definition) is 5. The van der Waals surface area contributed by atoms with E-state index in [-0.39, 0.29) is 48.3 Å². The lowest BCUT2D eigenvalue weighted by Gasteiger charge is -2.33.